The summed E-state index contributed by atoms with van der Waals surface area (Å²) in [7, 11) is 0. The predicted octanol–water partition coefficient (Wildman–Crippen LogP) is 3.24. The Hall–Kier alpha value is -2.33. The first-order valence-electron chi connectivity index (χ1n) is 8.61. The zero-order valence-corrected chi connectivity index (χ0v) is 14.3. The van der Waals surface area contributed by atoms with Crippen LogP contribution in [0, 0.1) is 0 Å². The first kappa shape index (κ1) is 16.5. The van der Waals surface area contributed by atoms with Gasteiger partial charge in [0, 0.05) is 32.7 Å². The Morgan fingerprint density at radius 1 is 0.958 bits per heavy atom. The lowest BCUT2D eigenvalue weighted by molar-refractivity contribution is 0.131. The van der Waals surface area contributed by atoms with Crippen molar-refractivity contribution in [2.75, 3.05) is 32.8 Å². The van der Waals surface area contributed by atoms with Crippen LogP contribution in [0.3, 0.4) is 0 Å². The maximum Gasteiger partial charge on any atom is 0.119 e. The molecule has 0 radical (unpaired) electrons. The molecule has 4 nitrogen and oxygen atoms in total. The number of benzene rings is 2. The van der Waals surface area contributed by atoms with Crippen molar-refractivity contribution in [3.63, 3.8) is 0 Å². The first-order chi connectivity index (χ1) is 11.8. The Labute approximate surface area is 144 Å². The summed E-state index contributed by atoms with van der Waals surface area (Å²) in [6, 6.07) is 18.7. The zero-order valence-electron chi connectivity index (χ0n) is 14.3. The SMILES string of the molecule is CCOc1ccc(/C=N/N2CCN(Cc3ccccc3)CC2)cc1. The van der Waals surface area contributed by atoms with Crippen molar-refractivity contribution in [1.82, 2.24) is 9.91 Å². The van der Waals surface area contributed by atoms with Gasteiger partial charge in [0.1, 0.15) is 5.75 Å². The molecule has 1 aliphatic heterocycles. The fourth-order valence-electron chi connectivity index (χ4n) is 2.82. The van der Waals surface area contributed by atoms with Gasteiger partial charge in [0.15, 0.2) is 0 Å². The maximum atomic E-state index is 5.46. The van der Waals surface area contributed by atoms with Crippen LogP contribution < -0.4 is 4.74 Å². The molecule has 4 heteroatoms. The van der Waals surface area contributed by atoms with Gasteiger partial charge >= 0.3 is 0 Å². The highest BCUT2D eigenvalue weighted by Gasteiger charge is 2.15. The monoisotopic (exact) mass is 323 g/mol. The number of piperazine rings is 1. The third kappa shape index (κ3) is 4.83. The molecule has 0 spiro atoms. The van der Waals surface area contributed by atoms with Gasteiger partial charge in [-0.15, -0.1) is 0 Å². The van der Waals surface area contributed by atoms with Crippen LogP contribution in [0.15, 0.2) is 59.7 Å². The average molecular weight is 323 g/mol. The maximum absolute atomic E-state index is 5.46. The van der Waals surface area contributed by atoms with Crippen molar-refractivity contribution in [1.29, 1.82) is 0 Å². The van der Waals surface area contributed by atoms with Crippen molar-refractivity contribution in [2.24, 2.45) is 5.10 Å². The van der Waals surface area contributed by atoms with Crippen LogP contribution >= 0.6 is 0 Å². The van der Waals surface area contributed by atoms with Crippen LogP contribution in [-0.4, -0.2) is 48.9 Å². The van der Waals surface area contributed by atoms with Crippen LogP contribution in [0.5, 0.6) is 5.75 Å². The van der Waals surface area contributed by atoms with Crippen LogP contribution in [-0.2, 0) is 6.54 Å². The number of hydrazone groups is 1. The third-order valence-corrected chi connectivity index (χ3v) is 4.16. The fraction of sp³-hybridized carbons (Fsp3) is 0.350. The van der Waals surface area contributed by atoms with E-state index in [1.165, 1.54) is 5.56 Å². The number of hydrogen-bond donors (Lipinski definition) is 0. The molecule has 24 heavy (non-hydrogen) atoms. The molecule has 2 aromatic rings. The lowest BCUT2D eigenvalue weighted by atomic mass is 10.2. The van der Waals surface area contributed by atoms with Gasteiger partial charge in [-0.3, -0.25) is 9.91 Å². The lowest BCUT2D eigenvalue weighted by Crippen LogP contribution is -2.43. The summed E-state index contributed by atoms with van der Waals surface area (Å²) in [5.74, 6) is 0.907. The molecule has 1 fully saturated rings. The largest absolute Gasteiger partial charge is 0.494 e. The van der Waals surface area contributed by atoms with E-state index in [9.17, 15) is 0 Å². The molecule has 2 aromatic carbocycles. The second kappa shape index (κ2) is 8.50. The second-order valence-corrected chi connectivity index (χ2v) is 5.96. The van der Waals surface area contributed by atoms with Crippen LogP contribution in [0.25, 0.3) is 0 Å². The highest BCUT2D eigenvalue weighted by molar-refractivity contribution is 5.79. The van der Waals surface area contributed by atoms with E-state index in [1.807, 2.05) is 37.4 Å². The minimum atomic E-state index is 0.695. The third-order valence-electron chi connectivity index (χ3n) is 4.16. The molecule has 0 N–H and O–H groups in total. The van der Waals surface area contributed by atoms with E-state index in [2.05, 4.69) is 45.3 Å². The van der Waals surface area contributed by atoms with Gasteiger partial charge in [-0.25, -0.2) is 0 Å². The predicted molar refractivity (Wildman–Crippen MR) is 98.5 cm³/mol. The molecule has 1 aliphatic rings. The highest BCUT2D eigenvalue weighted by Crippen LogP contribution is 2.12. The van der Waals surface area contributed by atoms with Crippen LogP contribution in [0.1, 0.15) is 18.1 Å². The van der Waals surface area contributed by atoms with Crippen molar-refractivity contribution >= 4 is 6.21 Å². The topological polar surface area (TPSA) is 28.1 Å². The minimum Gasteiger partial charge on any atom is -0.494 e. The summed E-state index contributed by atoms with van der Waals surface area (Å²) in [4.78, 5) is 2.48. The summed E-state index contributed by atoms with van der Waals surface area (Å²) in [5.41, 5.74) is 2.48. The van der Waals surface area contributed by atoms with Crippen LogP contribution in [0.2, 0.25) is 0 Å². The lowest BCUT2D eigenvalue weighted by Gasteiger charge is -2.33. The van der Waals surface area contributed by atoms with Gasteiger partial charge in [-0.05, 0) is 42.3 Å². The Bertz CT molecular complexity index is 632. The van der Waals surface area contributed by atoms with E-state index in [-0.39, 0.29) is 0 Å². The van der Waals surface area contributed by atoms with E-state index >= 15 is 0 Å². The van der Waals surface area contributed by atoms with Crippen molar-refractivity contribution < 1.29 is 4.74 Å². The number of ether oxygens (including phenoxy) is 1. The molecule has 126 valence electrons. The molecule has 0 unspecified atom stereocenters. The number of rotatable bonds is 6. The summed E-state index contributed by atoms with van der Waals surface area (Å²) < 4.78 is 5.46. The normalized spacial score (nSPS) is 15.8. The van der Waals surface area contributed by atoms with Crippen LogP contribution in [0.4, 0.5) is 0 Å². The summed E-state index contributed by atoms with van der Waals surface area (Å²) in [6.07, 6.45) is 1.93. The van der Waals surface area contributed by atoms with E-state index in [0.29, 0.717) is 6.61 Å². The molecule has 0 aliphatic carbocycles. The summed E-state index contributed by atoms with van der Waals surface area (Å²) in [6.45, 7) is 7.76. The summed E-state index contributed by atoms with van der Waals surface area (Å²) >= 11 is 0. The minimum absolute atomic E-state index is 0.695. The molecule has 1 heterocycles. The molecule has 0 bridgehead atoms. The van der Waals surface area contributed by atoms with Gasteiger partial charge in [-0.1, -0.05) is 30.3 Å². The Morgan fingerprint density at radius 3 is 2.33 bits per heavy atom. The van der Waals surface area contributed by atoms with Gasteiger partial charge in [0.05, 0.1) is 12.8 Å². The van der Waals surface area contributed by atoms with Crippen molar-refractivity contribution in [3.8, 4) is 5.75 Å². The Balaban J connectivity index is 1.46. The van der Waals surface area contributed by atoms with E-state index < -0.39 is 0 Å². The Morgan fingerprint density at radius 2 is 1.67 bits per heavy atom. The van der Waals surface area contributed by atoms with Gasteiger partial charge in [0.25, 0.3) is 0 Å². The molecule has 0 aromatic heterocycles. The first-order valence-corrected chi connectivity index (χ1v) is 8.61. The van der Waals surface area contributed by atoms with E-state index in [1.54, 1.807) is 0 Å². The molecule has 3 rings (SSSR count). The number of nitrogens with zero attached hydrogens (tertiary/aromatic N) is 3. The molecular formula is C20H25N3O. The molecule has 0 saturated carbocycles. The molecule has 0 atom stereocenters. The summed E-state index contributed by atoms with van der Waals surface area (Å²) in [5, 5.41) is 6.76. The second-order valence-electron chi connectivity index (χ2n) is 5.96. The highest BCUT2D eigenvalue weighted by atomic mass is 16.5. The quantitative estimate of drug-likeness (QED) is 0.764. The smallest absolute Gasteiger partial charge is 0.119 e. The zero-order chi connectivity index (χ0) is 16.6. The van der Waals surface area contributed by atoms with Crippen molar-refractivity contribution in [2.45, 2.75) is 13.5 Å². The van der Waals surface area contributed by atoms with E-state index in [0.717, 1.165) is 44.0 Å². The van der Waals surface area contributed by atoms with Gasteiger partial charge in [0.2, 0.25) is 0 Å². The molecule has 0 amide bonds. The molecule has 1 saturated heterocycles. The standard InChI is InChI=1S/C20H25N3O/c1-2-24-20-10-8-18(9-11-20)16-21-23-14-12-22(13-15-23)17-19-6-4-3-5-7-19/h3-11,16H,2,12-15,17H2,1H3/b21-16+. The van der Waals surface area contributed by atoms with E-state index in [4.69, 9.17) is 4.74 Å². The fourth-order valence-corrected chi connectivity index (χ4v) is 2.82. The number of hydrogen-bond acceptors (Lipinski definition) is 4. The van der Waals surface area contributed by atoms with Gasteiger partial charge in [-0.2, -0.15) is 5.10 Å². The van der Waals surface area contributed by atoms with Gasteiger partial charge < -0.3 is 4.74 Å². The Kier molecular flexibility index (Phi) is 5.85. The molecular weight excluding hydrogens is 298 g/mol. The van der Waals surface area contributed by atoms with Crippen molar-refractivity contribution in [3.05, 3.63) is 65.7 Å². The average Bonchev–Trinajstić information content (AvgIpc) is 2.63.